The first kappa shape index (κ1) is 14.3. The van der Waals surface area contributed by atoms with E-state index in [0.717, 1.165) is 17.1 Å². The Kier molecular flexibility index (Phi) is 5.45. The Labute approximate surface area is 117 Å². The van der Waals surface area contributed by atoms with E-state index in [1.807, 2.05) is 55.4 Å². The van der Waals surface area contributed by atoms with E-state index < -0.39 is 0 Å². The zero-order chi connectivity index (χ0) is 12.1. The van der Waals surface area contributed by atoms with E-state index in [4.69, 9.17) is 0 Å². The summed E-state index contributed by atoms with van der Waals surface area (Å²) in [6, 6.07) is 11.6. The molecule has 5 heteroatoms. The fourth-order valence-corrected chi connectivity index (χ4v) is 1.34. The third kappa shape index (κ3) is 3.92. The second-order valence-electron chi connectivity index (χ2n) is 3.82. The Morgan fingerprint density at radius 2 is 1.33 bits per heavy atom. The summed E-state index contributed by atoms with van der Waals surface area (Å²) in [6.07, 6.45) is 3.40. The molecule has 0 spiro atoms. The first-order valence-electron chi connectivity index (χ1n) is 5.35. The van der Waals surface area contributed by atoms with Crippen LogP contribution in [0.3, 0.4) is 0 Å². The highest BCUT2D eigenvalue weighted by atomic mass is 79.9. The third-order valence-electron chi connectivity index (χ3n) is 2.31. The van der Waals surface area contributed by atoms with Gasteiger partial charge in [0.1, 0.15) is 0 Å². The van der Waals surface area contributed by atoms with E-state index in [1.54, 1.807) is 12.4 Å². The number of anilines is 1. The number of rotatable bonds is 3. The molecule has 0 bridgehead atoms. The van der Waals surface area contributed by atoms with Crippen LogP contribution in [0.5, 0.6) is 0 Å². The van der Waals surface area contributed by atoms with Gasteiger partial charge >= 0.3 is 0 Å². The second kappa shape index (κ2) is 6.86. The lowest BCUT2D eigenvalue weighted by Crippen LogP contribution is -2.07. The maximum absolute atomic E-state index is 4.16. The minimum absolute atomic E-state index is 0. The number of halogens is 1. The number of benzene rings is 1. The van der Waals surface area contributed by atoms with E-state index in [0.29, 0.717) is 0 Å². The average Bonchev–Trinajstić information content (AvgIpc) is 2.38. The smallest absolute Gasteiger partial charge is 0.0887 e. The fraction of sp³-hybridized carbons (Fsp3) is 0.154. The first-order chi connectivity index (χ1) is 8.25. The van der Waals surface area contributed by atoms with Crippen LogP contribution >= 0.6 is 17.0 Å². The van der Waals surface area contributed by atoms with Crippen molar-refractivity contribution < 1.29 is 0 Å². The Morgan fingerprint density at radius 1 is 0.833 bits per heavy atom. The molecule has 0 fully saturated rings. The highest BCUT2D eigenvalue weighted by Gasteiger charge is 1.94. The van der Waals surface area contributed by atoms with E-state index in [2.05, 4.69) is 15.2 Å². The molecule has 0 aliphatic heterocycles. The van der Waals surface area contributed by atoms with Crippen LogP contribution in [-0.2, 0) is 0 Å². The molecule has 2 aromatic rings. The van der Waals surface area contributed by atoms with Crippen molar-refractivity contribution in [2.75, 3.05) is 19.0 Å². The summed E-state index contributed by atoms with van der Waals surface area (Å²) >= 11 is 0. The molecular formula is C13H15BrN4. The number of aromatic nitrogens is 1. The summed E-state index contributed by atoms with van der Waals surface area (Å²) in [4.78, 5) is 5.97. The van der Waals surface area contributed by atoms with E-state index in [9.17, 15) is 0 Å². The Morgan fingerprint density at radius 3 is 1.83 bits per heavy atom. The molecule has 1 heterocycles. The van der Waals surface area contributed by atoms with Crippen molar-refractivity contribution in [3.8, 4) is 0 Å². The van der Waals surface area contributed by atoms with Crippen LogP contribution in [0.1, 0.15) is 0 Å². The Bertz CT molecular complexity index is 494. The van der Waals surface area contributed by atoms with Crippen LogP contribution in [0.15, 0.2) is 59.0 Å². The summed E-state index contributed by atoms with van der Waals surface area (Å²) in [5.74, 6) is 0. The topological polar surface area (TPSA) is 40.9 Å². The van der Waals surface area contributed by atoms with Gasteiger partial charge in [-0.25, -0.2) is 0 Å². The van der Waals surface area contributed by atoms with Gasteiger partial charge in [0.25, 0.3) is 0 Å². The number of pyridine rings is 1. The summed E-state index contributed by atoms with van der Waals surface area (Å²) in [7, 11) is 4.01. The molecule has 0 saturated heterocycles. The molecule has 94 valence electrons. The average molecular weight is 307 g/mol. The van der Waals surface area contributed by atoms with Crippen LogP contribution in [0.2, 0.25) is 0 Å². The van der Waals surface area contributed by atoms with Crippen molar-refractivity contribution in [2.45, 2.75) is 0 Å². The van der Waals surface area contributed by atoms with Crippen LogP contribution in [-0.4, -0.2) is 19.1 Å². The molecule has 1 aromatic carbocycles. The second-order valence-corrected chi connectivity index (χ2v) is 3.82. The molecule has 0 radical (unpaired) electrons. The molecule has 0 amide bonds. The summed E-state index contributed by atoms with van der Waals surface area (Å²) in [5, 5.41) is 8.28. The number of hydrogen-bond acceptors (Lipinski definition) is 4. The lowest BCUT2D eigenvalue weighted by Gasteiger charge is -2.11. The molecule has 1 aromatic heterocycles. The Hall–Kier alpha value is -1.75. The van der Waals surface area contributed by atoms with Gasteiger partial charge in [-0.1, -0.05) is 0 Å². The van der Waals surface area contributed by atoms with Gasteiger partial charge in [0.15, 0.2) is 0 Å². The normalized spacial score (nSPS) is 10.1. The predicted molar refractivity (Wildman–Crippen MR) is 79.5 cm³/mol. The van der Waals surface area contributed by atoms with E-state index >= 15 is 0 Å². The van der Waals surface area contributed by atoms with Gasteiger partial charge in [-0.3, -0.25) is 4.98 Å². The molecule has 18 heavy (non-hydrogen) atoms. The lowest BCUT2D eigenvalue weighted by molar-refractivity contribution is 1.13. The summed E-state index contributed by atoms with van der Waals surface area (Å²) in [5.41, 5.74) is 2.79. The van der Waals surface area contributed by atoms with Crippen molar-refractivity contribution in [3.05, 3.63) is 48.8 Å². The van der Waals surface area contributed by atoms with Gasteiger partial charge in [0.05, 0.1) is 11.4 Å². The predicted octanol–water partition coefficient (Wildman–Crippen LogP) is 4.14. The molecule has 2 rings (SSSR count). The maximum atomic E-state index is 4.16. The minimum atomic E-state index is 0. The summed E-state index contributed by atoms with van der Waals surface area (Å²) in [6.45, 7) is 0. The molecule has 0 N–H and O–H groups in total. The highest BCUT2D eigenvalue weighted by molar-refractivity contribution is 8.93. The standard InChI is InChI=1S/C13H14N4.BrH/c1-17(2)13-5-3-11(4-6-13)15-16-12-7-9-14-10-8-12;/h3-10H,1-2H3;1H/b16-15+;. The monoisotopic (exact) mass is 306 g/mol. The molecule has 0 unspecified atom stereocenters. The fourth-order valence-electron chi connectivity index (χ4n) is 1.34. The van der Waals surface area contributed by atoms with Gasteiger partial charge in [0.2, 0.25) is 0 Å². The molecule has 4 nitrogen and oxygen atoms in total. The van der Waals surface area contributed by atoms with Crippen molar-refractivity contribution >= 4 is 34.0 Å². The first-order valence-corrected chi connectivity index (χ1v) is 5.35. The number of azo groups is 1. The molecule has 0 aliphatic carbocycles. The third-order valence-corrected chi connectivity index (χ3v) is 2.31. The van der Waals surface area contributed by atoms with Crippen LogP contribution in [0, 0.1) is 0 Å². The molecular weight excluding hydrogens is 292 g/mol. The van der Waals surface area contributed by atoms with Crippen molar-refractivity contribution in [3.63, 3.8) is 0 Å². The van der Waals surface area contributed by atoms with Crippen LogP contribution < -0.4 is 4.90 Å². The Balaban J connectivity index is 0.00000162. The van der Waals surface area contributed by atoms with Crippen molar-refractivity contribution in [1.82, 2.24) is 4.98 Å². The van der Waals surface area contributed by atoms with Gasteiger partial charge in [-0.05, 0) is 36.4 Å². The lowest BCUT2D eigenvalue weighted by atomic mass is 10.3. The molecule has 0 saturated carbocycles. The maximum Gasteiger partial charge on any atom is 0.0887 e. The number of hydrogen-bond donors (Lipinski definition) is 0. The molecule has 0 atom stereocenters. The highest BCUT2D eigenvalue weighted by Crippen LogP contribution is 2.20. The van der Waals surface area contributed by atoms with Gasteiger partial charge in [0, 0.05) is 32.2 Å². The van der Waals surface area contributed by atoms with Crippen molar-refractivity contribution in [2.24, 2.45) is 10.2 Å². The minimum Gasteiger partial charge on any atom is -0.378 e. The molecule has 0 aliphatic rings. The van der Waals surface area contributed by atoms with Gasteiger partial charge in [-0.2, -0.15) is 10.2 Å². The summed E-state index contributed by atoms with van der Waals surface area (Å²) < 4.78 is 0. The van der Waals surface area contributed by atoms with E-state index in [-0.39, 0.29) is 17.0 Å². The zero-order valence-electron chi connectivity index (χ0n) is 10.3. The van der Waals surface area contributed by atoms with Gasteiger partial charge < -0.3 is 4.90 Å². The van der Waals surface area contributed by atoms with Crippen LogP contribution in [0.4, 0.5) is 17.1 Å². The zero-order valence-corrected chi connectivity index (χ0v) is 12.0. The quantitative estimate of drug-likeness (QED) is 0.800. The SMILES string of the molecule is Br.CN(C)c1ccc(/N=N/c2ccncc2)cc1. The van der Waals surface area contributed by atoms with Gasteiger partial charge in [-0.15, -0.1) is 17.0 Å². The van der Waals surface area contributed by atoms with E-state index in [1.165, 1.54) is 0 Å². The van der Waals surface area contributed by atoms with Crippen LogP contribution in [0.25, 0.3) is 0 Å². The number of nitrogens with zero attached hydrogens (tertiary/aromatic N) is 4. The largest absolute Gasteiger partial charge is 0.378 e. The van der Waals surface area contributed by atoms with Crippen molar-refractivity contribution in [1.29, 1.82) is 0 Å².